The molecule has 2 bridgehead atoms. The van der Waals surface area contributed by atoms with Gasteiger partial charge in [0.05, 0.1) is 6.26 Å². The van der Waals surface area contributed by atoms with Gasteiger partial charge in [0.1, 0.15) is 5.60 Å². The van der Waals surface area contributed by atoms with Gasteiger partial charge in [-0.15, -0.1) is 0 Å². The summed E-state index contributed by atoms with van der Waals surface area (Å²) in [5, 5.41) is 0. The quantitative estimate of drug-likeness (QED) is 0.586. The number of ether oxygens (including phenoxy) is 1. The SMILES string of the molecule is C1=COC2(CC1)CC1CC2C2CCCC12. The van der Waals surface area contributed by atoms with E-state index in [0.717, 1.165) is 23.7 Å². The summed E-state index contributed by atoms with van der Waals surface area (Å²) in [6.07, 6.45) is 14.1. The van der Waals surface area contributed by atoms with E-state index >= 15 is 0 Å². The predicted molar refractivity (Wildman–Crippen MR) is 59.2 cm³/mol. The first-order chi connectivity index (χ1) is 7.39. The highest BCUT2D eigenvalue weighted by atomic mass is 16.5. The van der Waals surface area contributed by atoms with Crippen LogP contribution in [0.15, 0.2) is 12.3 Å². The Morgan fingerprint density at radius 2 is 2.13 bits per heavy atom. The fourth-order valence-corrected chi connectivity index (χ4v) is 5.27. The lowest BCUT2D eigenvalue weighted by Gasteiger charge is -2.43. The summed E-state index contributed by atoms with van der Waals surface area (Å²) in [6.45, 7) is 0. The molecule has 0 saturated heterocycles. The van der Waals surface area contributed by atoms with Crippen LogP contribution in [0.2, 0.25) is 0 Å². The van der Waals surface area contributed by atoms with Gasteiger partial charge >= 0.3 is 0 Å². The maximum Gasteiger partial charge on any atom is 0.112 e. The number of fused-ring (bicyclic) bond motifs is 6. The van der Waals surface area contributed by atoms with Gasteiger partial charge in [0, 0.05) is 5.92 Å². The molecule has 15 heavy (non-hydrogen) atoms. The van der Waals surface area contributed by atoms with E-state index in [1.54, 1.807) is 0 Å². The highest BCUT2D eigenvalue weighted by Gasteiger charge is 2.61. The van der Waals surface area contributed by atoms with E-state index in [0.29, 0.717) is 5.60 Å². The zero-order valence-corrected chi connectivity index (χ0v) is 9.32. The summed E-state index contributed by atoms with van der Waals surface area (Å²) in [6, 6.07) is 0. The number of rotatable bonds is 0. The molecule has 3 aliphatic carbocycles. The number of allylic oxidation sites excluding steroid dienone is 1. The van der Waals surface area contributed by atoms with E-state index in [1.807, 2.05) is 6.26 Å². The molecule has 0 amide bonds. The summed E-state index contributed by atoms with van der Waals surface area (Å²) in [5.74, 6) is 4.07. The van der Waals surface area contributed by atoms with Gasteiger partial charge in [-0.2, -0.15) is 0 Å². The van der Waals surface area contributed by atoms with Gasteiger partial charge in [-0.05, 0) is 62.4 Å². The van der Waals surface area contributed by atoms with E-state index in [9.17, 15) is 0 Å². The van der Waals surface area contributed by atoms with Crippen LogP contribution >= 0.6 is 0 Å². The van der Waals surface area contributed by atoms with Crippen molar-refractivity contribution in [1.82, 2.24) is 0 Å². The van der Waals surface area contributed by atoms with E-state index in [2.05, 4.69) is 6.08 Å². The molecule has 3 saturated carbocycles. The Kier molecular flexibility index (Phi) is 1.62. The second kappa shape index (κ2) is 2.81. The van der Waals surface area contributed by atoms with Gasteiger partial charge in [0.2, 0.25) is 0 Å². The van der Waals surface area contributed by atoms with Crippen molar-refractivity contribution in [3.63, 3.8) is 0 Å². The van der Waals surface area contributed by atoms with E-state index < -0.39 is 0 Å². The molecule has 4 rings (SSSR count). The third-order valence-electron chi connectivity index (χ3n) is 5.72. The first kappa shape index (κ1) is 8.66. The summed E-state index contributed by atoms with van der Waals surface area (Å²) in [7, 11) is 0. The Hall–Kier alpha value is -0.460. The van der Waals surface area contributed by atoms with Crippen molar-refractivity contribution in [3.05, 3.63) is 12.3 Å². The molecule has 82 valence electrons. The molecular weight excluding hydrogens is 184 g/mol. The normalized spacial score (nSPS) is 56.0. The fraction of sp³-hybridized carbons (Fsp3) is 0.857. The minimum absolute atomic E-state index is 0.297. The molecule has 0 aromatic rings. The van der Waals surface area contributed by atoms with Crippen LogP contribution in [0.1, 0.15) is 44.9 Å². The maximum absolute atomic E-state index is 6.09. The van der Waals surface area contributed by atoms with E-state index in [-0.39, 0.29) is 0 Å². The van der Waals surface area contributed by atoms with Crippen molar-refractivity contribution in [3.8, 4) is 0 Å². The largest absolute Gasteiger partial charge is 0.495 e. The molecule has 1 aliphatic heterocycles. The Labute approximate surface area is 91.9 Å². The highest BCUT2D eigenvalue weighted by molar-refractivity contribution is 5.13. The van der Waals surface area contributed by atoms with Crippen LogP contribution in [-0.2, 0) is 4.74 Å². The molecule has 1 heterocycles. The lowest BCUT2D eigenvalue weighted by Crippen LogP contribution is -2.43. The molecule has 5 unspecified atom stereocenters. The van der Waals surface area contributed by atoms with Gasteiger partial charge in [-0.3, -0.25) is 0 Å². The molecule has 0 aromatic carbocycles. The molecule has 0 N–H and O–H groups in total. The second-order valence-corrected chi connectivity index (χ2v) is 6.16. The third-order valence-corrected chi connectivity index (χ3v) is 5.72. The van der Waals surface area contributed by atoms with Crippen LogP contribution in [0.25, 0.3) is 0 Å². The van der Waals surface area contributed by atoms with Gasteiger partial charge in [-0.25, -0.2) is 0 Å². The van der Waals surface area contributed by atoms with Crippen molar-refractivity contribution >= 4 is 0 Å². The molecule has 1 spiro atoms. The summed E-state index contributed by atoms with van der Waals surface area (Å²) < 4.78 is 6.09. The lowest BCUT2D eigenvalue weighted by atomic mass is 9.70. The molecule has 1 heteroatoms. The summed E-state index contributed by atoms with van der Waals surface area (Å²) in [5.41, 5.74) is 0.297. The smallest absolute Gasteiger partial charge is 0.112 e. The van der Waals surface area contributed by atoms with E-state index in [4.69, 9.17) is 4.74 Å². The minimum Gasteiger partial charge on any atom is -0.495 e. The van der Waals surface area contributed by atoms with Gasteiger partial charge in [0.15, 0.2) is 0 Å². The first-order valence-electron chi connectivity index (χ1n) is 6.72. The van der Waals surface area contributed by atoms with Crippen molar-refractivity contribution in [2.24, 2.45) is 23.7 Å². The van der Waals surface area contributed by atoms with Gasteiger partial charge in [-0.1, -0.05) is 6.42 Å². The average molecular weight is 204 g/mol. The van der Waals surface area contributed by atoms with Crippen molar-refractivity contribution in [1.29, 1.82) is 0 Å². The van der Waals surface area contributed by atoms with Gasteiger partial charge < -0.3 is 4.74 Å². The Balaban J connectivity index is 1.67. The van der Waals surface area contributed by atoms with Gasteiger partial charge in [0.25, 0.3) is 0 Å². The Morgan fingerprint density at radius 1 is 1.20 bits per heavy atom. The topological polar surface area (TPSA) is 9.23 Å². The molecule has 3 fully saturated rings. The lowest BCUT2D eigenvalue weighted by molar-refractivity contribution is -0.0690. The van der Waals surface area contributed by atoms with Crippen LogP contribution < -0.4 is 0 Å². The standard InChI is InChI=1S/C14H20O/c1-2-7-15-14(6-1)9-10-8-13(14)12-5-3-4-11(10)12/h2,7,10-13H,1,3-6,8-9H2. The average Bonchev–Trinajstić information content (AvgIpc) is 2.89. The Morgan fingerprint density at radius 3 is 3.00 bits per heavy atom. The van der Waals surface area contributed by atoms with Crippen molar-refractivity contribution in [2.45, 2.75) is 50.5 Å². The summed E-state index contributed by atoms with van der Waals surface area (Å²) >= 11 is 0. The van der Waals surface area contributed by atoms with Crippen LogP contribution in [0, 0.1) is 23.7 Å². The third kappa shape index (κ3) is 0.996. The Bertz CT molecular complexity index is 308. The molecular formula is C14H20O. The predicted octanol–water partition coefficient (Wildman–Crippen LogP) is 3.51. The molecule has 1 nitrogen and oxygen atoms in total. The van der Waals surface area contributed by atoms with Crippen molar-refractivity contribution < 1.29 is 4.74 Å². The maximum atomic E-state index is 6.09. The molecule has 5 atom stereocenters. The van der Waals surface area contributed by atoms with Crippen LogP contribution in [0.5, 0.6) is 0 Å². The number of hydrogen-bond acceptors (Lipinski definition) is 1. The minimum atomic E-state index is 0.297. The van der Waals surface area contributed by atoms with Crippen molar-refractivity contribution in [2.75, 3.05) is 0 Å². The number of hydrogen-bond donors (Lipinski definition) is 0. The molecule has 4 aliphatic rings. The molecule has 0 aromatic heterocycles. The second-order valence-electron chi connectivity index (χ2n) is 6.16. The van der Waals surface area contributed by atoms with E-state index in [1.165, 1.54) is 44.9 Å². The van der Waals surface area contributed by atoms with Crippen LogP contribution in [-0.4, -0.2) is 5.60 Å². The van der Waals surface area contributed by atoms with Crippen LogP contribution in [0.4, 0.5) is 0 Å². The first-order valence-corrected chi connectivity index (χ1v) is 6.72. The highest BCUT2D eigenvalue weighted by Crippen LogP contribution is 2.64. The zero-order valence-electron chi connectivity index (χ0n) is 9.32. The van der Waals surface area contributed by atoms with Crippen LogP contribution in [0.3, 0.4) is 0 Å². The summed E-state index contributed by atoms with van der Waals surface area (Å²) in [4.78, 5) is 0. The fourth-order valence-electron chi connectivity index (χ4n) is 5.27. The molecule has 0 radical (unpaired) electrons. The monoisotopic (exact) mass is 204 g/mol. The zero-order chi connectivity index (χ0) is 9.88.